The van der Waals surface area contributed by atoms with E-state index in [0.717, 1.165) is 12.2 Å². The summed E-state index contributed by atoms with van der Waals surface area (Å²) in [7, 11) is 1.64. The number of carbonyl (C=O) groups excluding carboxylic acids is 1. The van der Waals surface area contributed by atoms with Gasteiger partial charge in [0.1, 0.15) is 11.5 Å². The fraction of sp³-hybridized carbons (Fsp3) is 0.261. The molecule has 0 radical (unpaired) electrons. The van der Waals surface area contributed by atoms with Crippen LogP contribution in [0.2, 0.25) is 0 Å². The fourth-order valence-electron chi connectivity index (χ4n) is 2.70. The van der Waals surface area contributed by atoms with Gasteiger partial charge in [0.2, 0.25) is 6.41 Å². The van der Waals surface area contributed by atoms with E-state index in [1.54, 1.807) is 19.2 Å². The largest absolute Gasteiger partial charge is 0.506 e. The van der Waals surface area contributed by atoms with Crippen molar-refractivity contribution < 1.29 is 45.0 Å². The van der Waals surface area contributed by atoms with Gasteiger partial charge in [0.05, 0.1) is 18.9 Å². The topological polar surface area (TPSA) is 197 Å². The molecule has 0 spiro atoms. The molecule has 0 aliphatic rings. The first-order valence-corrected chi connectivity index (χ1v) is 9.87. The summed E-state index contributed by atoms with van der Waals surface area (Å²) in [6.07, 6.45) is 1.68. The van der Waals surface area contributed by atoms with E-state index in [9.17, 15) is 24.6 Å². The van der Waals surface area contributed by atoms with E-state index in [-0.39, 0.29) is 23.0 Å². The number of anilines is 1. The van der Waals surface area contributed by atoms with Crippen LogP contribution >= 0.6 is 0 Å². The number of aliphatic hydroxyl groups is 1. The average Bonchev–Trinajstić information content (AvgIpc) is 2.78. The Labute approximate surface area is 196 Å². The van der Waals surface area contributed by atoms with Crippen molar-refractivity contribution in [3.8, 4) is 11.5 Å². The molecule has 1 unspecified atom stereocenters. The van der Waals surface area contributed by atoms with Crippen molar-refractivity contribution in [1.29, 1.82) is 0 Å². The lowest BCUT2D eigenvalue weighted by molar-refractivity contribution is -0.134. The maximum atomic E-state index is 10.5. The van der Waals surface area contributed by atoms with Crippen molar-refractivity contribution in [1.82, 2.24) is 5.32 Å². The van der Waals surface area contributed by atoms with Crippen LogP contribution in [0.3, 0.4) is 0 Å². The van der Waals surface area contributed by atoms with Gasteiger partial charge in [-0.05, 0) is 48.7 Å². The zero-order valence-electron chi connectivity index (χ0n) is 18.8. The van der Waals surface area contributed by atoms with E-state index >= 15 is 0 Å². The highest BCUT2D eigenvalue weighted by molar-refractivity contribution is 5.89. The maximum Gasteiger partial charge on any atom is 0.328 e. The molecule has 2 aromatic carbocycles. The van der Waals surface area contributed by atoms with Crippen LogP contribution in [0, 0.1) is 0 Å². The number of phenolic OH excluding ortho intramolecular Hbond substituents is 1. The predicted molar refractivity (Wildman–Crippen MR) is 125 cm³/mol. The van der Waals surface area contributed by atoms with Crippen molar-refractivity contribution in [3.63, 3.8) is 0 Å². The van der Waals surface area contributed by atoms with Crippen LogP contribution in [-0.4, -0.2) is 63.9 Å². The van der Waals surface area contributed by atoms with Gasteiger partial charge in [-0.15, -0.1) is 0 Å². The molecule has 2 rings (SSSR count). The zero-order chi connectivity index (χ0) is 24.8. The summed E-state index contributed by atoms with van der Waals surface area (Å²) in [5.41, 5.74) is 2.07. The van der Waals surface area contributed by atoms with Crippen molar-refractivity contribution in [2.45, 2.75) is 25.5 Å². The summed E-state index contributed by atoms with van der Waals surface area (Å²) in [4.78, 5) is 29.6. The summed E-state index contributed by atoms with van der Waals surface area (Å²) >= 11 is 0. The molecule has 0 saturated carbocycles. The molecular weight excluding hydrogens is 448 g/mol. The first-order chi connectivity index (χ1) is 15.7. The monoisotopic (exact) mass is 478 g/mol. The van der Waals surface area contributed by atoms with Crippen molar-refractivity contribution in [3.05, 3.63) is 65.7 Å². The maximum absolute atomic E-state index is 10.5. The van der Waals surface area contributed by atoms with Crippen LogP contribution in [0.25, 0.3) is 0 Å². The van der Waals surface area contributed by atoms with Crippen LogP contribution < -0.4 is 15.4 Å². The van der Waals surface area contributed by atoms with Crippen LogP contribution in [0.4, 0.5) is 5.69 Å². The van der Waals surface area contributed by atoms with E-state index in [1.807, 2.05) is 31.2 Å². The molecule has 2 atom stereocenters. The number of aliphatic hydroxyl groups excluding tert-OH is 1. The third kappa shape index (κ3) is 11.6. The highest BCUT2D eigenvalue weighted by Crippen LogP contribution is 2.26. The minimum absolute atomic E-state index is 0. The van der Waals surface area contributed by atoms with Crippen molar-refractivity contribution in [2.75, 3.05) is 19.0 Å². The summed E-state index contributed by atoms with van der Waals surface area (Å²) < 4.78 is 5.14. The molecule has 8 N–H and O–H groups in total. The second-order valence-corrected chi connectivity index (χ2v) is 6.93. The lowest BCUT2D eigenvalue weighted by Crippen LogP contribution is -2.32. The zero-order valence-corrected chi connectivity index (χ0v) is 18.8. The molecule has 186 valence electrons. The highest BCUT2D eigenvalue weighted by Gasteiger charge is 2.12. The number of ether oxygens (including phenoxy) is 1. The van der Waals surface area contributed by atoms with E-state index in [2.05, 4.69) is 10.6 Å². The Kier molecular flexibility index (Phi) is 14.0. The molecule has 11 nitrogen and oxygen atoms in total. The minimum atomic E-state index is -1.26. The first kappa shape index (κ1) is 30.1. The number of aliphatic carboxylic acids is 2. The second kappa shape index (κ2) is 15.8. The van der Waals surface area contributed by atoms with Crippen LogP contribution in [0.1, 0.15) is 24.2 Å². The van der Waals surface area contributed by atoms with E-state index in [0.29, 0.717) is 30.7 Å². The molecule has 0 aromatic heterocycles. The first-order valence-electron chi connectivity index (χ1n) is 9.87. The number of benzene rings is 2. The van der Waals surface area contributed by atoms with Gasteiger partial charge in [-0.2, -0.15) is 0 Å². The number of phenols is 1. The normalized spacial score (nSPS) is 11.9. The van der Waals surface area contributed by atoms with Gasteiger partial charge in [-0.1, -0.05) is 18.2 Å². The van der Waals surface area contributed by atoms with Crippen LogP contribution in [0.5, 0.6) is 11.5 Å². The van der Waals surface area contributed by atoms with Gasteiger partial charge in [0.25, 0.3) is 0 Å². The van der Waals surface area contributed by atoms with Gasteiger partial charge >= 0.3 is 11.9 Å². The number of nitrogens with one attached hydrogen (secondary N) is 2. The molecule has 0 saturated heterocycles. The van der Waals surface area contributed by atoms with Crippen molar-refractivity contribution in [2.24, 2.45) is 0 Å². The number of rotatable bonds is 11. The average molecular weight is 478 g/mol. The van der Waals surface area contributed by atoms with Gasteiger partial charge < -0.3 is 41.3 Å². The smallest absolute Gasteiger partial charge is 0.328 e. The molecule has 0 bridgehead atoms. The number of aromatic hydroxyl groups is 1. The second-order valence-electron chi connectivity index (χ2n) is 6.93. The minimum Gasteiger partial charge on any atom is -0.506 e. The standard InChI is InChI=1S/C19H24N2O4.C4H4O4.H2O/c1-13(9-14-3-6-16(25-2)7-4-14)20-11-19(24)15-5-8-18(23)17(10-15)21-12-22;5-3(6)1-2-4(7)8;/h3-8,10,12-13,19-20,23-24H,9,11H2,1-2H3,(H,21,22);1-2H,(H,5,6)(H,7,8);1H2/b;2-1+;/t13-,19?;;/m0../s1. The molecule has 0 aliphatic carbocycles. The SMILES string of the molecule is COc1ccc(C[C@H](C)NCC(O)c2ccc(O)c(NC=O)c2)cc1.O.O=C(O)/C=C/C(=O)O. The Morgan fingerprint density at radius 3 is 2.15 bits per heavy atom. The third-order valence-electron chi connectivity index (χ3n) is 4.35. The Morgan fingerprint density at radius 1 is 1.06 bits per heavy atom. The highest BCUT2D eigenvalue weighted by atomic mass is 16.5. The lowest BCUT2D eigenvalue weighted by Gasteiger charge is -2.18. The van der Waals surface area contributed by atoms with Gasteiger partial charge in [-0.3, -0.25) is 4.79 Å². The van der Waals surface area contributed by atoms with E-state index < -0.39 is 18.0 Å². The fourth-order valence-corrected chi connectivity index (χ4v) is 2.70. The molecule has 2 aromatic rings. The number of hydrogen-bond acceptors (Lipinski definition) is 7. The number of methoxy groups -OCH3 is 1. The van der Waals surface area contributed by atoms with Gasteiger partial charge in [-0.25, -0.2) is 9.59 Å². The summed E-state index contributed by atoms with van der Waals surface area (Å²) in [6, 6.07) is 12.7. The number of hydrogen-bond donors (Lipinski definition) is 6. The third-order valence-corrected chi connectivity index (χ3v) is 4.35. The molecule has 34 heavy (non-hydrogen) atoms. The Balaban J connectivity index is 0.00000104. The Bertz CT molecular complexity index is 930. The predicted octanol–water partition coefficient (Wildman–Crippen LogP) is 1.11. The van der Waals surface area contributed by atoms with E-state index in [4.69, 9.17) is 14.9 Å². The molecule has 0 heterocycles. The van der Waals surface area contributed by atoms with Crippen molar-refractivity contribution >= 4 is 24.0 Å². The summed E-state index contributed by atoms with van der Waals surface area (Å²) in [6.45, 7) is 2.41. The Morgan fingerprint density at radius 2 is 1.65 bits per heavy atom. The number of amides is 1. The number of carboxylic acids is 2. The quantitative estimate of drug-likeness (QED) is 0.156. The molecule has 0 aliphatic heterocycles. The lowest BCUT2D eigenvalue weighted by atomic mass is 10.1. The summed E-state index contributed by atoms with van der Waals surface area (Å²) in [5.74, 6) is -1.73. The Hall–Kier alpha value is -3.93. The van der Waals surface area contributed by atoms with Crippen LogP contribution in [-0.2, 0) is 20.8 Å². The molecular formula is C23H30N2O9. The molecule has 11 heteroatoms. The molecule has 0 fully saturated rings. The summed E-state index contributed by atoms with van der Waals surface area (Å²) in [5, 5.41) is 41.3. The van der Waals surface area contributed by atoms with Crippen LogP contribution in [0.15, 0.2) is 54.6 Å². The van der Waals surface area contributed by atoms with E-state index in [1.165, 1.54) is 11.6 Å². The van der Waals surface area contributed by atoms with Gasteiger partial charge in [0.15, 0.2) is 0 Å². The number of carbonyl (C=O) groups is 3. The number of carboxylic acid groups (broad SMARTS) is 2. The molecule has 1 amide bonds. The van der Waals surface area contributed by atoms with Gasteiger partial charge in [0, 0.05) is 24.7 Å².